The van der Waals surface area contributed by atoms with E-state index >= 15 is 0 Å². The van der Waals surface area contributed by atoms with Gasteiger partial charge in [-0.05, 0) is 42.5 Å². The summed E-state index contributed by atoms with van der Waals surface area (Å²) in [7, 11) is 0. The molecule has 27 heavy (non-hydrogen) atoms. The number of para-hydroxylation sites is 2. The number of carbonyl (C=O) groups excluding carboxylic acids is 2. The van der Waals surface area contributed by atoms with Gasteiger partial charge >= 0.3 is 0 Å². The van der Waals surface area contributed by atoms with Gasteiger partial charge in [-0.1, -0.05) is 29.8 Å². The van der Waals surface area contributed by atoms with Crippen molar-refractivity contribution in [2.45, 2.75) is 0 Å². The van der Waals surface area contributed by atoms with E-state index in [2.05, 4.69) is 10.6 Å². The third-order valence-electron chi connectivity index (χ3n) is 4.03. The molecule has 1 aliphatic heterocycles. The van der Waals surface area contributed by atoms with Crippen LogP contribution in [0.1, 0.15) is 20.7 Å². The third kappa shape index (κ3) is 3.22. The zero-order chi connectivity index (χ0) is 19.0. The summed E-state index contributed by atoms with van der Waals surface area (Å²) in [5.74, 6) is -0.962. The van der Waals surface area contributed by atoms with E-state index in [-0.39, 0.29) is 22.1 Å². The lowest BCUT2D eigenvalue weighted by Gasteiger charge is -2.11. The maximum absolute atomic E-state index is 13.9. The summed E-state index contributed by atoms with van der Waals surface area (Å²) in [6, 6.07) is 15.6. The molecule has 2 amide bonds. The standard InChI is InChI=1S/C20H12ClFN2O3/c21-13-4-3-5-14(22)18(13)20(26)23-11-8-9-16-12(10-11)19(25)24-15-6-1-2-7-17(15)27-16/h1-10H,(H,23,26)(H,24,25). The van der Waals surface area contributed by atoms with Crippen molar-refractivity contribution in [3.63, 3.8) is 0 Å². The lowest BCUT2D eigenvalue weighted by molar-refractivity contribution is 0.101. The van der Waals surface area contributed by atoms with E-state index in [1.54, 1.807) is 36.4 Å². The highest BCUT2D eigenvalue weighted by molar-refractivity contribution is 6.34. The molecule has 0 radical (unpaired) electrons. The van der Waals surface area contributed by atoms with Crippen molar-refractivity contribution in [2.75, 3.05) is 10.6 Å². The predicted molar refractivity (Wildman–Crippen MR) is 100 cm³/mol. The Morgan fingerprint density at radius 2 is 1.85 bits per heavy atom. The summed E-state index contributed by atoms with van der Waals surface area (Å²) in [5, 5.41) is 5.30. The number of anilines is 2. The second kappa shape index (κ2) is 6.74. The van der Waals surface area contributed by atoms with Crippen LogP contribution in [0.3, 0.4) is 0 Å². The fourth-order valence-electron chi connectivity index (χ4n) is 2.75. The zero-order valence-electron chi connectivity index (χ0n) is 13.8. The van der Waals surface area contributed by atoms with Gasteiger partial charge in [0, 0.05) is 5.69 Å². The average Bonchev–Trinajstić information content (AvgIpc) is 2.77. The molecular weight excluding hydrogens is 371 g/mol. The van der Waals surface area contributed by atoms with Crippen LogP contribution in [0, 0.1) is 5.82 Å². The van der Waals surface area contributed by atoms with Crippen LogP contribution >= 0.6 is 11.6 Å². The van der Waals surface area contributed by atoms with Crippen molar-refractivity contribution in [3.05, 3.63) is 82.6 Å². The fourth-order valence-corrected chi connectivity index (χ4v) is 3.00. The third-order valence-corrected chi connectivity index (χ3v) is 4.34. The first-order chi connectivity index (χ1) is 13.0. The number of amides is 2. The van der Waals surface area contributed by atoms with Gasteiger partial charge in [-0.3, -0.25) is 9.59 Å². The van der Waals surface area contributed by atoms with E-state index in [0.29, 0.717) is 22.9 Å². The largest absolute Gasteiger partial charge is 0.454 e. The lowest BCUT2D eigenvalue weighted by Crippen LogP contribution is -2.16. The fraction of sp³-hybridized carbons (Fsp3) is 0. The minimum absolute atomic E-state index is 0.00112. The Hall–Kier alpha value is -3.38. The first-order valence-corrected chi connectivity index (χ1v) is 8.38. The molecule has 134 valence electrons. The van der Waals surface area contributed by atoms with Gasteiger partial charge in [0.1, 0.15) is 11.6 Å². The summed E-state index contributed by atoms with van der Waals surface area (Å²) in [6.45, 7) is 0. The van der Waals surface area contributed by atoms with Gasteiger partial charge in [0.15, 0.2) is 5.75 Å². The molecular formula is C20H12ClFN2O3. The van der Waals surface area contributed by atoms with Gasteiger partial charge in [0.05, 0.1) is 21.8 Å². The number of halogens is 2. The molecule has 5 nitrogen and oxygen atoms in total. The molecule has 1 heterocycles. The summed E-state index contributed by atoms with van der Waals surface area (Å²) in [4.78, 5) is 24.9. The summed E-state index contributed by atoms with van der Waals surface area (Å²) >= 11 is 5.92. The second-order valence-corrected chi connectivity index (χ2v) is 6.22. The Morgan fingerprint density at radius 1 is 1.04 bits per heavy atom. The number of rotatable bonds is 2. The normalized spacial score (nSPS) is 12.1. The number of carbonyl (C=O) groups is 2. The highest BCUT2D eigenvalue weighted by Gasteiger charge is 2.22. The molecule has 7 heteroatoms. The molecule has 0 spiro atoms. The van der Waals surface area contributed by atoms with Crippen LogP contribution in [0.25, 0.3) is 0 Å². The molecule has 4 rings (SSSR count). The molecule has 1 aliphatic rings. The quantitative estimate of drug-likeness (QED) is 0.648. The van der Waals surface area contributed by atoms with Crippen LogP contribution in [-0.4, -0.2) is 11.8 Å². The van der Waals surface area contributed by atoms with E-state index in [4.69, 9.17) is 16.3 Å². The maximum Gasteiger partial charge on any atom is 0.260 e. The molecule has 0 bridgehead atoms. The summed E-state index contributed by atoms with van der Waals surface area (Å²) < 4.78 is 19.7. The number of hydrogen-bond acceptors (Lipinski definition) is 3. The van der Waals surface area contributed by atoms with Crippen LogP contribution in [0.15, 0.2) is 60.7 Å². The molecule has 2 N–H and O–H groups in total. The molecule has 0 aromatic heterocycles. The van der Waals surface area contributed by atoms with Crippen LogP contribution in [0.2, 0.25) is 5.02 Å². The van der Waals surface area contributed by atoms with Crippen LogP contribution in [-0.2, 0) is 0 Å². The van der Waals surface area contributed by atoms with Crippen molar-refractivity contribution in [3.8, 4) is 11.5 Å². The predicted octanol–water partition coefficient (Wildman–Crippen LogP) is 5.09. The Morgan fingerprint density at radius 3 is 2.67 bits per heavy atom. The van der Waals surface area contributed by atoms with Gasteiger partial charge in [0.25, 0.3) is 11.8 Å². The number of nitrogens with one attached hydrogen (secondary N) is 2. The first kappa shape index (κ1) is 17.1. The second-order valence-electron chi connectivity index (χ2n) is 5.81. The van der Waals surface area contributed by atoms with Gasteiger partial charge in [-0.25, -0.2) is 4.39 Å². The summed E-state index contributed by atoms with van der Waals surface area (Å²) in [6.07, 6.45) is 0. The molecule has 3 aromatic carbocycles. The summed E-state index contributed by atoms with van der Waals surface area (Å²) in [5.41, 5.74) is 0.830. The molecule has 0 saturated heterocycles. The zero-order valence-corrected chi connectivity index (χ0v) is 14.5. The van der Waals surface area contributed by atoms with Crippen molar-refractivity contribution >= 4 is 34.8 Å². The number of benzene rings is 3. The molecule has 0 saturated carbocycles. The van der Waals surface area contributed by atoms with Crippen LogP contribution in [0.4, 0.5) is 15.8 Å². The van der Waals surface area contributed by atoms with Crippen molar-refractivity contribution < 1.29 is 18.7 Å². The SMILES string of the molecule is O=C1Nc2ccccc2Oc2ccc(NC(=O)c3c(F)cccc3Cl)cc21. The van der Waals surface area contributed by atoms with Crippen molar-refractivity contribution in [2.24, 2.45) is 0 Å². The Labute approximate surface area is 158 Å². The molecule has 3 aromatic rings. The van der Waals surface area contributed by atoms with Crippen LogP contribution < -0.4 is 15.4 Å². The van der Waals surface area contributed by atoms with Gasteiger partial charge in [-0.2, -0.15) is 0 Å². The molecule has 0 fully saturated rings. The smallest absolute Gasteiger partial charge is 0.260 e. The van der Waals surface area contributed by atoms with E-state index in [1.165, 1.54) is 18.2 Å². The maximum atomic E-state index is 13.9. The first-order valence-electron chi connectivity index (χ1n) is 8.00. The molecule has 0 atom stereocenters. The van der Waals surface area contributed by atoms with E-state index in [1.807, 2.05) is 0 Å². The Kier molecular flexibility index (Phi) is 4.25. The van der Waals surface area contributed by atoms with E-state index in [9.17, 15) is 14.0 Å². The molecule has 0 unspecified atom stereocenters. The van der Waals surface area contributed by atoms with E-state index < -0.39 is 11.7 Å². The molecule has 0 aliphatic carbocycles. The minimum Gasteiger partial charge on any atom is -0.454 e. The van der Waals surface area contributed by atoms with Crippen molar-refractivity contribution in [1.29, 1.82) is 0 Å². The highest BCUT2D eigenvalue weighted by atomic mass is 35.5. The van der Waals surface area contributed by atoms with Gasteiger partial charge < -0.3 is 15.4 Å². The Bertz CT molecular complexity index is 1060. The lowest BCUT2D eigenvalue weighted by atomic mass is 10.1. The number of hydrogen-bond donors (Lipinski definition) is 2. The number of ether oxygens (including phenoxy) is 1. The average molecular weight is 383 g/mol. The Balaban J connectivity index is 1.65. The van der Waals surface area contributed by atoms with Crippen LogP contribution in [0.5, 0.6) is 11.5 Å². The van der Waals surface area contributed by atoms with Gasteiger partial charge in [0.2, 0.25) is 0 Å². The topological polar surface area (TPSA) is 67.4 Å². The highest BCUT2D eigenvalue weighted by Crippen LogP contribution is 2.36. The number of fused-ring (bicyclic) bond motifs is 2. The van der Waals surface area contributed by atoms with E-state index in [0.717, 1.165) is 6.07 Å². The minimum atomic E-state index is -0.730. The van der Waals surface area contributed by atoms with Crippen molar-refractivity contribution in [1.82, 2.24) is 0 Å². The van der Waals surface area contributed by atoms with Gasteiger partial charge in [-0.15, -0.1) is 0 Å². The monoisotopic (exact) mass is 382 g/mol.